The molecule has 1 amide bonds. The van der Waals surface area contributed by atoms with Crippen LogP contribution in [0.25, 0.3) is 0 Å². The molecule has 0 radical (unpaired) electrons. The van der Waals surface area contributed by atoms with Crippen LogP contribution in [0, 0.1) is 11.8 Å². The SMILES string of the molecule is COc1cc(NC(=O)C2CCCCC2C(=O)O)c(OC)cc1Cl. The Balaban J connectivity index is 2.23. The number of benzene rings is 1. The molecule has 0 spiro atoms. The number of methoxy groups -OCH3 is 2. The Morgan fingerprint density at radius 3 is 2.30 bits per heavy atom. The number of aliphatic carboxylic acids is 1. The molecule has 2 unspecified atom stereocenters. The largest absolute Gasteiger partial charge is 0.495 e. The van der Waals surface area contributed by atoms with Crippen LogP contribution in [0.15, 0.2) is 12.1 Å². The van der Waals surface area contributed by atoms with Gasteiger partial charge in [-0.05, 0) is 12.8 Å². The number of carbonyl (C=O) groups is 2. The molecule has 0 aliphatic heterocycles. The van der Waals surface area contributed by atoms with E-state index in [1.165, 1.54) is 14.2 Å². The predicted molar refractivity (Wildman–Crippen MR) is 86.3 cm³/mol. The first kappa shape index (κ1) is 17.4. The predicted octanol–water partition coefficient (Wildman–Crippen LogP) is 3.19. The van der Waals surface area contributed by atoms with Gasteiger partial charge in [-0.15, -0.1) is 0 Å². The maximum absolute atomic E-state index is 12.5. The molecule has 0 aromatic heterocycles. The summed E-state index contributed by atoms with van der Waals surface area (Å²) in [6, 6.07) is 3.11. The van der Waals surface area contributed by atoms with Crippen molar-refractivity contribution in [2.75, 3.05) is 19.5 Å². The fourth-order valence-electron chi connectivity index (χ4n) is 2.92. The van der Waals surface area contributed by atoms with Crippen LogP contribution in [-0.2, 0) is 9.59 Å². The highest BCUT2D eigenvalue weighted by molar-refractivity contribution is 6.32. The number of hydrogen-bond acceptors (Lipinski definition) is 4. The van der Waals surface area contributed by atoms with Crippen molar-refractivity contribution in [3.8, 4) is 11.5 Å². The first-order valence-corrected chi connectivity index (χ1v) is 7.81. The molecule has 2 rings (SSSR count). The minimum absolute atomic E-state index is 0.320. The first-order valence-electron chi connectivity index (χ1n) is 7.43. The van der Waals surface area contributed by atoms with Crippen LogP contribution in [0.2, 0.25) is 5.02 Å². The van der Waals surface area contributed by atoms with E-state index in [1.54, 1.807) is 12.1 Å². The quantitative estimate of drug-likeness (QED) is 0.859. The normalized spacial score (nSPS) is 20.7. The Bertz CT molecular complexity index is 604. The molecular weight excluding hydrogens is 322 g/mol. The summed E-state index contributed by atoms with van der Waals surface area (Å²) >= 11 is 6.03. The monoisotopic (exact) mass is 341 g/mol. The topological polar surface area (TPSA) is 84.9 Å². The molecule has 0 bridgehead atoms. The maximum Gasteiger partial charge on any atom is 0.307 e. The van der Waals surface area contributed by atoms with Crippen molar-refractivity contribution in [2.45, 2.75) is 25.7 Å². The number of halogens is 1. The van der Waals surface area contributed by atoms with Gasteiger partial charge in [-0.2, -0.15) is 0 Å². The van der Waals surface area contributed by atoms with E-state index in [-0.39, 0.29) is 5.91 Å². The third kappa shape index (κ3) is 3.88. The molecule has 23 heavy (non-hydrogen) atoms. The zero-order valence-corrected chi connectivity index (χ0v) is 13.9. The number of rotatable bonds is 5. The molecule has 126 valence electrons. The second-order valence-corrected chi connectivity index (χ2v) is 5.92. The summed E-state index contributed by atoms with van der Waals surface area (Å²) < 4.78 is 10.4. The van der Waals surface area contributed by atoms with Gasteiger partial charge in [-0.1, -0.05) is 24.4 Å². The summed E-state index contributed by atoms with van der Waals surface area (Å²) in [5, 5.41) is 12.4. The van der Waals surface area contributed by atoms with Gasteiger partial charge in [0.05, 0.1) is 36.8 Å². The van der Waals surface area contributed by atoms with Gasteiger partial charge in [-0.3, -0.25) is 9.59 Å². The van der Waals surface area contributed by atoms with Crippen LogP contribution < -0.4 is 14.8 Å². The summed E-state index contributed by atoms with van der Waals surface area (Å²) in [5.41, 5.74) is 0.411. The summed E-state index contributed by atoms with van der Waals surface area (Å²) in [6.07, 6.45) is 2.77. The summed E-state index contributed by atoms with van der Waals surface area (Å²) in [7, 11) is 2.94. The van der Waals surface area contributed by atoms with Crippen LogP contribution in [0.3, 0.4) is 0 Å². The number of hydrogen-bond donors (Lipinski definition) is 2. The average Bonchev–Trinajstić information content (AvgIpc) is 2.55. The van der Waals surface area contributed by atoms with Crippen molar-refractivity contribution in [3.63, 3.8) is 0 Å². The molecule has 1 fully saturated rings. The van der Waals surface area contributed by atoms with Gasteiger partial charge in [-0.25, -0.2) is 0 Å². The molecule has 0 saturated heterocycles. The van der Waals surface area contributed by atoms with Crippen molar-refractivity contribution in [1.29, 1.82) is 0 Å². The average molecular weight is 342 g/mol. The lowest BCUT2D eigenvalue weighted by molar-refractivity contribution is -0.147. The fraction of sp³-hybridized carbons (Fsp3) is 0.500. The van der Waals surface area contributed by atoms with Crippen LogP contribution >= 0.6 is 11.6 Å². The van der Waals surface area contributed by atoms with Gasteiger partial charge in [0, 0.05) is 12.1 Å². The molecule has 1 aliphatic rings. The first-order chi connectivity index (χ1) is 11.0. The maximum atomic E-state index is 12.5. The molecule has 0 heterocycles. The zero-order chi connectivity index (χ0) is 17.0. The lowest BCUT2D eigenvalue weighted by atomic mass is 9.78. The highest BCUT2D eigenvalue weighted by atomic mass is 35.5. The number of carboxylic acid groups (broad SMARTS) is 1. The molecule has 1 aromatic carbocycles. The second-order valence-electron chi connectivity index (χ2n) is 5.51. The number of carbonyl (C=O) groups excluding carboxylic acids is 1. The molecule has 6 nitrogen and oxygen atoms in total. The van der Waals surface area contributed by atoms with Gasteiger partial charge in [0.15, 0.2) is 0 Å². The molecule has 2 N–H and O–H groups in total. The van der Waals surface area contributed by atoms with E-state index in [0.29, 0.717) is 35.1 Å². The van der Waals surface area contributed by atoms with E-state index >= 15 is 0 Å². The van der Waals surface area contributed by atoms with Gasteiger partial charge >= 0.3 is 5.97 Å². The smallest absolute Gasteiger partial charge is 0.307 e. The van der Waals surface area contributed by atoms with E-state index < -0.39 is 17.8 Å². The van der Waals surface area contributed by atoms with Crippen LogP contribution in [0.5, 0.6) is 11.5 Å². The van der Waals surface area contributed by atoms with Gasteiger partial charge in [0.2, 0.25) is 5.91 Å². The molecule has 2 atom stereocenters. The lowest BCUT2D eigenvalue weighted by Crippen LogP contribution is -2.36. The van der Waals surface area contributed by atoms with Crippen LogP contribution in [0.1, 0.15) is 25.7 Å². The number of anilines is 1. The third-order valence-electron chi connectivity index (χ3n) is 4.15. The summed E-state index contributed by atoms with van der Waals surface area (Å²) in [6.45, 7) is 0. The molecule has 7 heteroatoms. The summed E-state index contributed by atoms with van der Waals surface area (Å²) in [5.74, 6) is -1.64. The number of nitrogens with one attached hydrogen (secondary N) is 1. The van der Waals surface area contributed by atoms with Crippen LogP contribution in [0.4, 0.5) is 5.69 Å². The van der Waals surface area contributed by atoms with E-state index in [2.05, 4.69) is 5.32 Å². The van der Waals surface area contributed by atoms with Crippen molar-refractivity contribution >= 4 is 29.2 Å². The number of carboxylic acids is 1. The van der Waals surface area contributed by atoms with Crippen molar-refractivity contribution < 1.29 is 24.2 Å². The highest BCUT2D eigenvalue weighted by Crippen LogP contribution is 2.37. The van der Waals surface area contributed by atoms with Gasteiger partial charge in [0.25, 0.3) is 0 Å². The standard InChI is InChI=1S/C16H20ClNO5/c1-22-13-8-12(14(23-2)7-11(13)17)18-15(19)9-5-3-4-6-10(9)16(20)21/h7-10H,3-6H2,1-2H3,(H,18,19)(H,20,21). The van der Waals surface area contributed by atoms with Crippen molar-refractivity contribution in [3.05, 3.63) is 17.2 Å². The molecule has 1 saturated carbocycles. The highest BCUT2D eigenvalue weighted by Gasteiger charge is 2.36. The Morgan fingerprint density at radius 1 is 1.13 bits per heavy atom. The summed E-state index contributed by atoms with van der Waals surface area (Å²) in [4.78, 5) is 23.9. The van der Waals surface area contributed by atoms with Crippen molar-refractivity contribution in [2.24, 2.45) is 11.8 Å². The second kappa shape index (κ2) is 7.55. The fourth-order valence-corrected chi connectivity index (χ4v) is 3.15. The van der Waals surface area contributed by atoms with E-state index in [0.717, 1.165) is 12.8 Å². The Morgan fingerprint density at radius 2 is 1.74 bits per heavy atom. The Hall–Kier alpha value is -1.95. The molecule has 1 aliphatic carbocycles. The van der Waals surface area contributed by atoms with E-state index in [9.17, 15) is 14.7 Å². The van der Waals surface area contributed by atoms with E-state index in [1.807, 2.05) is 0 Å². The zero-order valence-electron chi connectivity index (χ0n) is 13.1. The van der Waals surface area contributed by atoms with Crippen LogP contribution in [-0.4, -0.2) is 31.2 Å². The third-order valence-corrected chi connectivity index (χ3v) is 4.45. The minimum atomic E-state index is -0.925. The minimum Gasteiger partial charge on any atom is -0.495 e. The number of amides is 1. The van der Waals surface area contributed by atoms with Gasteiger partial charge < -0.3 is 19.9 Å². The van der Waals surface area contributed by atoms with E-state index in [4.69, 9.17) is 21.1 Å². The molecular formula is C16H20ClNO5. The number of ether oxygens (including phenoxy) is 2. The molecule has 1 aromatic rings. The lowest BCUT2D eigenvalue weighted by Gasteiger charge is -2.27. The Labute approximate surface area is 139 Å². The van der Waals surface area contributed by atoms with Crippen molar-refractivity contribution in [1.82, 2.24) is 0 Å². The van der Waals surface area contributed by atoms with Gasteiger partial charge in [0.1, 0.15) is 11.5 Å². The Kier molecular flexibility index (Phi) is 5.71.